The molecule has 8 nitrogen and oxygen atoms in total. The van der Waals surface area contributed by atoms with Gasteiger partial charge in [-0.1, -0.05) is 38.9 Å². The monoisotopic (exact) mass is 360 g/mol. The van der Waals surface area contributed by atoms with Gasteiger partial charge in [0, 0.05) is 7.05 Å². The Hall–Kier alpha value is -2.90. The Morgan fingerprint density at radius 3 is 2.42 bits per heavy atom. The lowest BCUT2D eigenvalue weighted by molar-refractivity contribution is 0.0936. The highest BCUT2D eigenvalue weighted by atomic mass is 16.5. The van der Waals surface area contributed by atoms with Crippen LogP contribution in [0, 0.1) is 0 Å². The Kier molecular flexibility index (Phi) is 5.97. The van der Waals surface area contributed by atoms with E-state index in [-0.39, 0.29) is 41.4 Å². The van der Waals surface area contributed by atoms with Crippen molar-refractivity contribution < 1.29 is 19.2 Å². The molecule has 1 aromatic heterocycles. The molecule has 1 aromatic carbocycles. The lowest BCUT2D eigenvalue weighted by Crippen LogP contribution is -2.24. The molecule has 3 N–H and O–H groups in total. The Morgan fingerprint density at radius 2 is 1.85 bits per heavy atom. The molecule has 140 valence electrons. The van der Waals surface area contributed by atoms with E-state index < -0.39 is 11.8 Å². The molecule has 0 aliphatic carbocycles. The molecule has 26 heavy (non-hydrogen) atoms. The van der Waals surface area contributed by atoms with Gasteiger partial charge in [-0.05, 0) is 29.0 Å². The number of nitrogens with one attached hydrogen (secondary N) is 2. The number of carbonyl (C=O) groups is 2. The number of phenolic OH excluding ortho intramolecular Hbond substituents is 1. The molecule has 0 saturated carbocycles. The van der Waals surface area contributed by atoms with Gasteiger partial charge in [0.05, 0.1) is 12.1 Å². The molecule has 2 aromatic rings. The van der Waals surface area contributed by atoms with Gasteiger partial charge in [-0.25, -0.2) is 0 Å². The Bertz CT molecular complexity index is 812. The number of aromatic nitrogens is 2. The number of amides is 2. The fourth-order valence-corrected chi connectivity index (χ4v) is 2.41. The van der Waals surface area contributed by atoms with Gasteiger partial charge in [-0.15, -0.1) is 0 Å². The van der Waals surface area contributed by atoms with Crippen molar-refractivity contribution in [1.29, 1.82) is 0 Å². The lowest BCUT2D eigenvalue weighted by Gasteiger charge is -2.16. The van der Waals surface area contributed by atoms with Gasteiger partial charge in [0.15, 0.2) is 0 Å². The van der Waals surface area contributed by atoms with Crippen molar-refractivity contribution in [3.05, 3.63) is 40.5 Å². The van der Waals surface area contributed by atoms with Gasteiger partial charge in [-0.2, -0.15) is 4.98 Å². The molecular formula is C18H24N4O4. The fraction of sp³-hybridized carbons (Fsp3) is 0.444. The number of benzene rings is 1. The molecule has 0 spiro atoms. The first-order chi connectivity index (χ1) is 12.2. The second-order valence-electron chi connectivity index (χ2n) is 6.59. The SMILES string of the molecule is CNC(=O)c1noc(CNC(=O)c2cc(C(C)C)cc(C(C)C)c2O)n1. The number of aromatic hydroxyl groups is 1. The van der Waals surface area contributed by atoms with E-state index in [1.807, 2.05) is 33.8 Å². The maximum atomic E-state index is 12.5. The Morgan fingerprint density at radius 1 is 1.15 bits per heavy atom. The van der Waals surface area contributed by atoms with Gasteiger partial charge in [-0.3, -0.25) is 9.59 Å². The molecule has 1 heterocycles. The van der Waals surface area contributed by atoms with E-state index in [4.69, 9.17) is 4.52 Å². The van der Waals surface area contributed by atoms with E-state index in [9.17, 15) is 14.7 Å². The van der Waals surface area contributed by atoms with Crippen molar-refractivity contribution in [2.75, 3.05) is 7.05 Å². The van der Waals surface area contributed by atoms with Crippen LogP contribution in [0.5, 0.6) is 5.75 Å². The molecule has 0 aliphatic rings. The Labute approximate surface area is 152 Å². The van der Waals surface area contributed by atoms with E-state index in [0.717, 1.165) is 11.1 Å². The smallest absolute Gasteiger partial charge is 0.292 e. The third-order valence-corrected chi connectivity index (χ3v) is 3.99. The molecule has 0 saturated heterocycles. The first kappa shape index (κ1) is 19.4. The van der Waals surface area contributed by atoms with E-state index in [2.05, 4.69) is 20.8 Å². The largest absolute Gasteiger partial charge is 0.507 e. The second kappa shape index (κ2) is 7.99. The van der Waals surface area contributed by atoms with Gasteiger partial charge in [0.2, 0.25) is 5.89 Å². The number of nitrogens with zero attached hydrogens (tertiary/aromatic N) is 2. The molecule has 0 fully saturated rings. The summed E-state index contributed by atoms with van der Waals surface area (Å²) in [6, 6.07) is 3.61. The summed E-state index contributed by atoms with van der Waals surface area (Å²) in [5.41, 5.74) is 1.89. The molecule has 2 amide bonds. The van der Waals surface area contributed by atoms with Crippen LogP contribution in [0.25, 0.3) is 0 Å². The van der Waals surface area contributed by atoms with Crippen LogP contribution in [0.1, 0.15) is 77.5 Å². The summed E-state index contributed by atoms with van der Waals surface area (Å²) in [5.74, 6) is -0.679. The topological polar surface area (TPSA) is 117 Å². The van der Waals surface area contributed by atoms with E-state index in [1.165, 1.54) is 7.05 Å². The van der Waals surface area contributed by atoms with Crippen molar-refractivity contribution in [2.45, 2.75) is 46.1 Å². The quantitative estimate of drug-likeness (QED) is 0.728. The summed E-state index contributed by atoms with van der Waals surface area (Å²) in [6.07, 6.45) is 0. The van der Waals surface area contributed by atoms with Crippen molar-refractivity contribution >= 4 is 11.8 Å². The number of rotatable bonds is 6. The molecule has 0 bridgehead atoms. The van der Waals surface area contributed by atoms with Crippen LogP contribution in [0.4, 0.5) is 0 Å². The van der Waals surface area contributed by atoms with Crippen molar-refractivity contribution in [3.63, 3.8) is 0 Å². The zero-order valence-corrected chi connectivity index (χ0v) is 15.6. The highest BCUT2D eigenvalue weighted by Gasteiger charge is 2.20. The average molecular weight is 360 g/mol. The zero-order valence-electron chi connectivity index (χ0n) is 15.6. The highest BCUT2D eigenvalue weighted by molar-refractivity contribution is 5.97. The van der Waals surface area contributed by atoms with Crippen molar-refractivity contribution in [1.82, 2.24) is 20.8 Å². The highest BCUT2D eigenvalue weighted by Crippen LogP contribution is 2.33. The number of hydrogen-bond acceptors (Lipinski definition) is 6. The minimum Gasteiger partial charge on any atom is -0.507 e. The third kappa shape index (κ3) is 4.19. The van der Waals surface area contributed by atoms with Crippen LogP contribution in [-0.2, 0) is 6.54 Å². The maximum Gasteiger partial charge on any atom is 0.292 e. The van der Waals surface area contributed by atoms with Gasteiger partial charge < -0.3 is 20.3 Å². The summed E-state index contributed by atoms with van der Waals surface area (Å²) in [6.45, 7) is 7.91. The first-order valence-electron chi connectivity index (χ1n) is 8.44. The normalized spacial score (nSPS) is 11.0. The summed E-state index contributed by atoms with van der Waals surface area (Å²) in [7, 11) is 1.46. The second-order valence-corrected chi connectivity index (χ2v) is 6.59. The van der Waals surface area contributed by atoms with Crippen LogP contribution >= 0.6 is 0 Å². The maximum absolute atomic E-state index is 12.5. The van der Waals surface area contributed by atoms with Crippen LogP contribution in [-0.4, -0.2) is 34.1 Å². The van der Waals surface area contributed by atoms with Gasteiger partial charge >= 0.3 is 0 Å². The van der Waals surface area contributed by atoms with Crippen molar-refractivity contribution in [3.8, 4) is 5.75 Å². The van der Waals surface area contributed by atoms with Crippen molar-refractivity contribution in [2.24, 2.45) is 0 Å². The summed E-state index contributed by atoms with van der Waals surface area (Å²) >= 11 is 0. The lowest BCUT2D eigenvalue weighted by atomic mass is 9.91. The van der Waals surface area contributed by atoms with Crippen LogP contribution in [0.3, 0.4) is 0 Å². The summed E-state index contributed by atoms with van der Waals surface area (Å²) < 4.78 is 4.93. The number of hydrogen-bond donors (Lipinski definition) is 3. The minimum absolute atomic E-state index is 0.0292. The van der Waals surface area contributed by atoms with E-state index in [0.29, 0.717) is 0 Å². The Balaban J connectivity index is 2.21. The predicted octanol–water partition coefficient (Wildman–Crippen LogP) is 2.31. The average Bonchev–Trinajstić information content (AvgIpc) is 3.07. The zero-order chi connectivity index (χ0) is 19.4. The standard InChI is InChI=1S/C18H24N4O4/c1-9(2)11-6-12(10(3)4)15(23)13(7-11)17(24)20-8-14-21-16(22-26-14)18(25)19-5/h6-7,9-10,23H,8H2,1-5H3,(H,19,25)(H,20,24). The molecule has 8 heteroatoms. The molecule has 0 atom stereocenters. The first-order valence-corrected chi connectivity index (χ1v) is 8.44. The molecule has 0 unspecified atom stereocenters. The number of phenols is 1. The van der Waals surface area contributed by atoms with Crippen LogP contribution in [0.2, 0.25) is 0 Å². The van der Waals surface area contributed by atoms with E-state index >= 15 is 0 Å². The molecule has 2 rings (SSSR count). The fourth-order valence-electron chi connectivity index (χ4n) is 2.41. The summed E-state index contributed by atoms with van der Waals surface area (Å²) in [4.78, 5) is 27.9. The van der Waals surface area contributed by atoms with Crippen LogP contribution < -0.4 is 10.6 Å². The predicted molar refractivity (Wildman–Crippen MR) is 95.1 cm³/mol. The third-order valence-electron chi connectivity index (χ3n) is 3.99. The molecule has 0 aliphatic heterocycles. The van der Waals surface area contributed by atoms with Crippen LogP contribution in [0.15, 0.2) is 16.7 Å². The van der Waals surface area contributed by atoms with E-state index in [1.54, 1.807) is 6.07 Å². The number of carbonyl (C=O) groups excluding carboxylic acids is 2. The molecular weight excluding hydrogens is 336 g/mol. The molecule has 0 radical (unpaired) electrons. The minimum atomic E-state index is -0.477. The van der Waals surface area contributed by atoms with Gasteiger partial charge in [0.25, 0.3) is 17.6 Å². The van der Waals surface area contributed by atoms with Gasteiger partial charge in [0.1, 0.15) is 5.75 Å². The summed E-state index contributed by atoms with van der Waals surface area (Å²) in [5, 5.41) is 19.0.